The molecule has 0 aromatic carbocycles. The summed E-state index contributed by atoms with van der Waals surface area (Å²) in [6.07, 6.45) is 1.68. The highest BCUT2D eigenvalue weighted by Gasteiger charge is 2.20. The molecule has 1 rings (SSSR count). The molecule has 0 amide bonds. The van der Waals surface area contributed by atoms with Crippen LogP contribution in [0.3, 0.4) is 0 Å². The van der Waals surface area contributed by atoms with Gasteiger partial charge in [0.15, 0.2) is 5.78 Å². The minimum absolute atomic E-state index is 0.0963. The fourth-order valence-electron chi connectivity index (χ4n) is 1.10. The van der Waals surface area contributed by atoms with Crippen LogP contribution in [0, 0.1) is 5.41 Å². The van der Waals surface area contributed by atoms with E-state index >= 15 is 0 Å². The summed E-state index contributed by atoms with van der Waals surface area (Å²) in [6, 6.07) is 3.64. The van der Waals surface area contributed by atoms with Crippen LogP contribution in [0.1, 0.15) is 26.3 Å². The van der Waals surface area contributed by atoms with Gasteiger partial charge in [0.1, 0.15) is 6.61 Å². The summed E-state index contributed by atoms with van der Waals surface area (Å²) in [6.45, 7) is 6.17. The van der Waals surface area contributed by atoms with Gasteiger partial charge in [-0.1, -0.05) is 20.8 Å². The molecule has 1 aromatic rings. The molecule has 0 fully saturated rings. The van der Waals surface area contributed by atoms with Crippen LogP contribution >= 0.6 is 0 Å². The Hall–Kier alpha value is -1.42. The number of hydrogen-bond acceptors (Lipinski definition) is 4. The number of pyridine rings is 1. The zero-order chi connectivity index (χ0) is 12.9. The fraction of sp³-hybridized carbons (Fsp3) is 0.538. The monoisotopic (exact) mass is 237 g/mol. The van der Waals surface area contributed by atoms with Crippen LogP contribution in [0.15, 0.2) is 18.3 Å². The first-order valence-electron chi connectivity index (χ1n) is 5.53. The molecule has 94 valence electrons. The summed E-state index contributed by atoms with van der Waals surface area (Å²) in [5.74, 6) is 0.665. The third kappa shape index (κ3) is 4.53. The minimum atomic E-state index is -0.349. The van der Waals surface area contributed by atoms with E-state index in [9.17, 15) is 4.79 Å². The highest BCUT2D eigenvalue weighted by Crippen LogP contribution is 2.15. The first-order chi connectivity index (χ1) is 7.93. The van der Waals surface area contributed by atoms with Crippen LogP contribution < -0.4 is 4.74 Å². The Bertz CT molecular complexity index is 365. The first-order valence-corrected chi connectivity index (χ1v) is 5.53. The molecule has 0 aliphatic carbocycles. The number of rotatable bonds is 5. The lowest BCUT2D eigenvalue weighted by Crippen LogP contribution is -2.24. The molecule has 0 N–H and O–H groups in total. The van der Waals surface area contributed by atoms with Crippen molar-refractivity contribution in [3.8, 4) is 5.88 Å². The second-order valence-corrected chi connectivity index (χ2v) is 4.87. The van der Waals surface area contributed by atoms with Gasteiger partial charge in [0.05, 0.1) is 13.7 Å². The van der Waals surface area contributed by atoms with Gasteiger partial charge in [-0.25, -0.2) is 4.98 Å². The number of methoxy groups -OCH3 is 1. The van der Waals surface area contributed by atoms with Crippen LogP contribution in [-0.2, 0) is 16.1 Å². The standard InChI is InChI=1S/C13H19NO3/c1-13(2,3)11(15)9-17-8-10-5-6-12(16-4)14-7-10/h5-7H,8-9H2,1-4H3. The van der Waals surface area contributed by atoms with Gasteiger partial charge < -0.3 is 9.47 Å². The quantitative estimate of drug-likeness (QED) is 0.788. The van der Waals surface area contributed by atoms with Crippen molar-refractivity contribution in [2.75, 3.05) is 13.7 Å². The molecule has 0 aliphatic heterocycles. The van der Waals surface area contributed by atoms with Gasteiger partial charge in [-0.3, -0.25) is 4.79 Å². The van der Waals surface area contributed by atoms with Gasteiger partial charge in [-0.2, -0.15) is 0 Å². The first kappa shape index (κ1) is 13.6. The smallest absolute Gasteiger partial charge is 0.212 e. The van der Waals surface area contributed by atoms with Gasteiger partial charge in [-0.15, -0.1) is 0 Å². The Morgan fingerprint density at radius 3 is 2.53 bits per heavy atom. The summed E-state index contributed by atoms with van der Waals surface area (Å²) < 4.78 is 10.3. The average molecular weight is 237 g/mol. The third-order valence-electron chi connectivity index (χ3n) is 2.35. The van der Waals surface area contributed by atoms with Crippen molar-refractivity contribution < 1.29 is 14.3 Å². The van der Waals surface area contributed by atoms with Crippen LogP contribution in [0.25, 0.3) is 0 Å². The van der Waals surface area contributed by atoms with Crippen molar-refractivity contribution >= 4 is 5.78 Å². The lowest BCUT2D eigenvalue weighted by molar-refractivity contribution is -0.131. The lowest BCUT2D eigenvalue weighted by atomic mass is 9.91. The Morgan fingerprint density at radius 1 is 1.35 bits per heavy atom. The second-order valence-electron chi connectivity index (χ2n) is 4.87. The van der Waals surface area contributed by atoms with Crippen molar-refractivity contribution in [1.29, 1.82) is 0 Å². The maximum absolute atomic E-state index is 11.6. The van der Waals surface area contributed by atoms with E-state index in [1.807, 2.05) is 26.8 Å². The largest absolute Gasteiger partial charge is 0.481 e. The minimum Gasteiger partial charge on any atom is -0.481 e. The van der Waals surface area contributed by atoms with Crippen LogP contribution in [0.4, 0.5) is 0 Å². The van der Waals surface area contributed by atoms with E-state index in [-0.39, 0.29) is 17.8 Å². The molecule has 17 heavy (non-hydrogen) atoms. The molecule has 0 radical (unpaired) electrons. The number of hydrogen-bond donors (Lipinski definition) is 0. The van der Waals surface area contributed by atoms with E-state index in [1.165, 1.54) is 0 Å². The number of ether oxygens (including phenoxy) is 2. The Kier molecular flexibility index (Phi) is 4.63. The molecule has 0 unspecified atom stereocenters. The summed E-state index contributed by atoms with van der Waals surface area (Å²) >= 11 is 0. The Morgan fingerprint density at radius 2 is 2.06 bits per heavy atom. The van der Waals surface area contributed by atoms with E-state index in [4.69, 9.17) is 9.47 Å². The number of nitrogens with zero attached hydrogens (tertiary/aromatic N) is 1. The van der Waals surface area contributed by atoms with Gasteiger partial charge in [0, 0.05) is 17.7 Å². The van der Waals surface area contributed by atoms with Gasteiger partial charge >= 0.3 is 0 Å². The maximum atomic E-state index is 11.6. The SMILES string of the molecule is COc1ccc(COCC(=O)C(C)(C)C)cn1. The molecular formula is C13H19NO3. The third-order valence-corrected chi connectivity index (χ3v) is 2.35. The van der Waals surface area contributed by atoms with E-state index in [1.54, 1.807) is 19.4 Å². The molecule has 0 saturated carbocycles. The summed E-state index contributed by atoms with van der Waals surface area (Å²) in [5, 5.41) is 0. The average Bonchev–Trinajstić information content (AvgIpc) is 2.28. The predicted octanol–water partition coefficient (Wildman–Crippen LogP) is 2.22. The van der Waals surface area contributed by atoms with E-state index in [0.717, 1.165) is 5.56 Å². The highest BCUT2D eigenvalue weighted by molar-refractivity contribution is 5.84. The van der Waals surface area contributed by atoms with Gasteiger partial charge in [0.2, 0.25) is 5.88 Å². The molecule has 1 aromatic heterocycles. The fourth-order valence-corrected chi connectivity index (χ4v) is 1.10. The number of carbonyl (C=O) groups excluding carboxylic acids is 1. The second kappa shape index (κ2) is 5.77. The summed E-state index contributed by atoms with van der Waals surface area (Å²) in [5.41, 5.74) is 0.575. The zero-order valence-corrected chi connectivity index (χ0v) is 10.8. The highest BCUT2D eigenvalue weighted by atomic mass is 16.5. The Balaban J connectivity index is 2.38. The van der Waals surface area contributed by atoms with E-state index < -0.39 is 0 Å². The molecule has 0 atom stereocenters. The summed E-state index contributed by atoms with van der Waals surface area (Å²) in [7, 11) is 1.57. The molecule has 4 nitrogen and oxygen atoms in total. The van der Waals surface area contributed by atoms with Crippen molar-refractivity contribution in [3.63, 3.8) is 0 Å². The molecule has 0 bridgehead atoms. The molecule has 0 saturated heterocycles. The molecule has 0 spiro atoms. The predicted molar refractivity (Wildman–Crippen MR) is 64.9 cm³/mol. The maximum Gasteiger partial charge on any atom is 0.212 e. The van der Waals surface area contributed by atoms with Crippen molar-refractivity contribution in [2.24, 2.45) is 5.41 Å². The van der Waals surface area contributed by atoms with Gasteiger partial charge in [0.25, 0.3) is 0 Å². The number of aromatic nitrogens is 1. The molecular weight excluding hydrogens is 218 g/mol. The zero-order valence-electron chi connectivity index (χ0n) is 10.8. The Labute approximate surface area is 102 Å². The normalized spacial score (nSPS) is 11.3. The lowest BCUT2D eigenvalue weighted by Gasteiger charge is -2.16. The molecule has 4 heteroatoms. The van der Waals surface area contributed by atoms with E-state index in [0.29, 0.717) is 12.5 Å². The van der Waals surface area contributed by atoms with Crippen LogP contribution in [0.2, 0.25) is 0 Å². The van der Waals surface area contributed by atoms with Crippen molar-refractivity contribution in [1.82, 2.24) is 4.98 Å². The number of ketones is 1. The van der Waals surface area contributed by atoms with Crippen molar-refractivity contribution in [2.45, 2.75) is 27.4 Å². The van der Waals surface area contributed by atoms with Crippen LogP contribution in [0.5, 0.6) is 5.88 Å². The number of carbonyl (C=O) groups is 1. The summed E-state index contributed by atoms with van der Waals surface area (Å²) in [4.78, 5) is 15.7. The molecule has 0 aliphatic rings. The topological polar surface area (TPSA) is 48.4 Å². The van der Waals surface area contributed by atoms with Gasteiger partial charge in [-0.05, 0) is 11.6 Å². The van der Waals surface area contributed by atoms with E-state index in [2.05, 4.69) is 4.98 Å². The van der Waals surface area contributed by atoms with Crippen LogP contribution in [-0.4, -0.2) is 24.5 Å². The van der Waals surface area contributed by atoms with Crippen molar-refractivity contribution in [3.05, 3.63) is 23.9 Å². The number of Topliss-reactive ketones (excluding diaryl/α,β-unsaturated/α-hetero) is 1. The molecule has 1 heterocycles.